The Morgan fingerprint density at radius 2 is 1.90 bits per heavy atom. The van der Waals surface area contributed by atoms with Gasteiger partial charge in [-0.05, 0) is 30.3 Å². The van der Waals surface area contributed by atoms with Gasteiger partial charge in [0.1, 0.15) is 11.6 Å². The molecule has 3 aromatic heterocycles. The Morgan fingerprint density at radius 1 is 1.10 bits per heavy atom. The van der Waals surface area contributed by atoms with Crippen LogP contribution in [0.1, 0.15) is 10.5 Å². The molecule has 3 heterocycles. The van der Waals surface area contributed by atoms with Crippen molar-refractivity contribution in [3.05, 3.63) is 60.6 Å². The van der Waals surface area contributed by atoms with E-state index >= 15 is 0 Å². The van der Waals surface area contributed by atoms with Gasteiger partial charge in [0.2, 0.25) is 0 Å². The summed E-state index contributed by atoms with van der Waals surface area (Å²) in [5.41, 5.74) is 0.623. The van der Waals surface area contributed by atoms with E-state index in [-0.39, 0.29) is 28.8 Å². The number of ether oxygens (including phenoxy) is 2. The van der Waals surface area contributed by atoms with Crippen molar-refractivity contribution in [2.24, 2.45) is 0 Å². The summed E-state index contributed by atoms with van der Waals surface area (Å²) in [6.45, 7) is 0. The molecule has 0 atom stereocenters. The summed E-state index contributed by atoms with van der Waals surface area (Å²) < 4.78 is 48.4. The molecule has 158 valence electrons. The largest absolute Gasteiger partial charge is 0.573 e. The van der Waals surface area contributed by atoms with Crippen LogP contribution in [-0.4, -0.2) is 43.9 Å². The highest BCUT2D eigenvalue weighted by molar-refractivity contribution is 6.02. The van der Waals surface area contributed by atoms with Crippen LogP contribution < -0.4 is 14.8 Å². The van der Waals surface area contributed by atoms with Crippen LogP contribution in [0.5, 0.6) is 11.8 Å². The first-order valence-electron chi connectivity index (χ1n) is 8.72. The molecule has 9 nitrogen and oxygen atoms in total. The van der Waals surface area contributed by atoms with Crippen molar-refractivity contribution < 1.29 is 27.4 Å². The van der Waals surface area contributed by atoms with Crippen LogP contribution in [0.4, 0.5) is 19.0 Å². The highest BCUT2D eigenvalue weighted by Gasteiger charge is 2.32. The van der Waals surface area contributed by atoms with Crippen LogP contribution in [-0.2, 0) is 0 Å². The summed E-state index contributed by atoms with van der Waals surface area (Å²) in [6, 6.07) is 10.1. The van der Waals surface area contributed by atoms with E-state index in [1.807, 2.05) is 0 Å². The number of para-hydroxylation sites is 1. The van der Waals surface area contributed by atoms with Gasteiger partial charge in [-0.25, -0.2) is 14.5 Å². The van der Waals surface area contributed by atoms with Crippen molar-refractivity contribution in [2.45, 2.75) is 6.36 Å². The number of alkyl halides is 3. The van der Waals surface area contributed by atoms with E-state index < -0.39 is 18.0 Å². The number of carbonyl (C=O) groups excluding carboxylic acids is 1. The van der Waals surface area contributed by atoms with Gasteiger partial charge < -0.3 is 14.8 Å². The lowest BCUT2D eigenvalue weighted by Crippen LogP contribution is -2.18. The monoisotopic (exact) mass is 430 g/mol. The Bertz CT molecular complexity index is 1260. The molecule has 0 unspecified atom stereocenters. The first-order chi connectivity index (χ1) is 14.8. The van der Waals surface area contributed by atoms with Gasteiger partial charge in [-0.2, -0.15) is 10.1 Å². The Kier molecular flexibility index (Phi) is 5.11. The summed E-state index contributed by atoms with van der Waals surface area (Å²) in [5, 5.41) is 6.85. The number of aromatic nitrogens is 5. The molecule has 0 aliphatic carbocycles. The minimum Gasteiger partial charge on any atom is -0.467 e. The third kappa shape index (κ3) is 4.37. The number of rotatable bonds is 5. The predicted molar refractivity (Wildman–Crippen MR) is 102 cm³/mol. The van der Waals surface area contributed by atoms with Gasteiger partial charge in [-0.1, -0.05) is 12.1 Å². The molecule has 4 rings (SSSR count). The molecule has 0 fully saturated rings. The standard InChI is InChI=1S/C19H13F3N6O3/c1-30-18-23-9-8-15(26-18)25-17(29)13-10-24-16-7-6-12(27-28(13)16)11-4-2-3-5-14(11)31-19(20,21)22/h2-10H,1H3,(H,23,25,26,29). The molecular weight excluding hydrogens is 417 g/mol. The van der Waals surface area contributed by atoms with E-state index in [2.05, 4.69) is 30.1 Å². The summed E-state index contributed by atoms with van der Waals surface area (Å²) in [6.07, 6.45) is -2.17. The first kappa shape index (κ1) is 20.1. The lowest BCUT2D eigenvalue weighted by molar-refractivity contribution is -0.274. The summed E-state index contributed by atoms with van der Waals surface area (Å²) >= 11 is 0. The third-order valence-corrected chi connectivity index (χ3v) is 4.04. The smallest absolute Gasteiger partial charge is 0.467 e. The second-order valence-electron chi connectivity index (χ2n) is 6.06. The van der Waals surface area contributed by atoms with Gasteiger partial charge in [0.25, 0.3) is 5.91 Å². The number of anilines is 1. The summed E-state index contributed by atoms with van der Waals surface area (Å²) in [4.78, 5) is 24.7. The molecule has 12 heteroatoms. The molecule has 0 radical (unpaired) electrons. The predicted octanol–water partition coefficient (Wildman–Crippen LogP) is 3.35. The van der Waals surface area contributed by atoms with Gasteiger partial charge >= 0.3 is 12.4 Å². The van der Waals surface area contributed by atoms with Crippen molar-refractivity contribution in [1.29, 1.82) is 0 Å². The number of hydrogen-bond donors (Lipinski definition) is 1. The molecule has 0 bridgehead atoms. The molecule has 1 amide bonds. The molecule has 0 aliphatic rings. The van der Waals surface area contributed by atoms with E-state index in [0.717, 1.165) is 0 Å². The fourth-order valence-electron chi connectivity index (χ4n) is 2.75. The molecule has 1 aromatic carbocycles. The molecule has 0 aliphatic heterocycles. The van der Waals surface area contributed by atoms with Gasteiger partial charge in [-0.3, -0.25) is 4.79 Å². The zero-order chi connectivity index (χ0) is 22.0. The molecule has 31 heavy (non-hydrogen) atoms. The van der Waals surface area contributed by atoms with Gasteiger partial charge in [0, 0.05) is 11.8 Å². The number of benzene rings is 1. The Morgan fingerprint density at radius 3 is 2.68 bits per heavy atom. The first-order valence-corrected chi connectivity index (χ1v) is 8.72. The van der Waals surface area contributed by atoms with E-state index in [1.54, 1.807) is 6.07 Å². The van der Waals surface area contributed by atoms with Crippen molar-refractivity contribution in [2.75, 3.05) is 12.4 Å². The van der Waals surface area contributed by atoms with Crippen molar-refractivity contribution in [3.8, 4) is 23.0 Å². The normalized spacial score (nSPS) is 11.4. The topological polar surface area (TPSA) is 104 Å². The third-order valence-electron chi connectivity index (χ3n) is 4.04. The maximum Gasteiger partial charge on any atom is 0.573 e. The number of nitrogens with zero attached hydrogens (tertiary/aromatic N) is 5. The highest BCUT2D eigenvalue weighted by atomic mass is 19.4. The lowest BCUT2D eigenvalue weighted by atomic mass is 10.1. The SMILES string of the molecule is COc1nccc(NC(=O)c2cnc3ccc(-c4ccccc4OC(F)(F)F)nn23)n1. The second-order valence-corrected chi connectivity index (χ2v) is 6.06. The zero-order valence-electron chi connectivity index (χ0n) is 15.8. The summed E-state index contributed by atoms with van der Waals surface area (Å²) in [7, 11) is 1.39. The maximum absolute atomic E-state index is 12.7. The minimum atomic E-state index is -4.86. The molecule has 0 saturated heterocycles. The number of fused-ring (bicyclic) bond motifs is 1. The fraction of sp³-hybridized carbons (Fsp3) is 0.105. The van der Waals surface area contributed by atoms with E-state index in [0.29, 0.717) is 5.65 Å². The zero-order valence-corrected chi connectivity index (χ0v) is 15.8. The van der Waals surface area contributed by atoms with Crippen LogP contribution in [0.15, 0.2) is 54.9 Å². The number of methoxy groups -OCH3 is 1. The van der Waals surface area contributed by atoms with E-state index in [4.69, 9.17) is 4.74 Å². The quantitative estimate of drug-likeness (QED) is 0.518. The Labute approximate surface area is 172 Å². The summed E-state index contributed by atoms with van der Waals surface area (Å²) in [5.74, 6) is -0.814. The number of nitrogens with one attached hydrogen (secondary N) is 1. The van der Waals surface area contributed by atoms with Gasteiger partial charge in [0.15, 0.2) is 11.3 Å². The second kappa shape index (κ2) is 7.89. The van der Waals surface area contributed by atoms with Gasteiger partial charge in [-0.15, -0.1) is 13.2 Å². The van der Waals surface area contributed by atoms with Crippen LogP contribution in [0.2, 0.25) is 0 Å². The van der Waals surface area contributed by atoms with E-state index in [9.17, 15) is 18.0 Å². The average Bonchev–Trinajstić information content (AvgIpc) is 3.16. The minimum absolute atomic E-state index is 0.0450. The van der Waals surface area contributed by atoms with Crippen molar-refractivity contribution in [1.82, 2.24) is 24.6 Å². The van der Waals surface area contributed by atoms with Crippen LogP contribution in [0.25, 0.3) is 16.9 Å². The fourth-order valence-corrected chi connectivity index (χ4v) is 2.75. The van der Waals surface area contributed by atoms with Crippen LogP contribution in [0, 0.1) is 0 Å². The molecule has 4 aromatic rings. The van der Waals surface area contributed by atoms with E-state index in [1.165, 1.54) is 60.4 Å². The number of amides is 1. The molecule has 1 N–H and O–H groups in total. The van der Waals surface area contributed by atoms with Crippen molar-refractivity contribution >= 4 is 17.4 Å². The maximum atomic E-state index is 12.7. The van der Waals surface area contributed by atoms with Crippen LogP contribution >= 0.6 is 0 Å². The lowest BCUT2D eigenvalue weighted by Gasteiger charge is -2.13. The molecular formula is C19H13F3N6O3. The Hall–Kier alpha value is -4.22. The number of imidazole rings is 1. The van der Waals surface area contributed by atoms with Gasteiger partial charge in [0.05, 0.1) is 19.0 Å². The average molecular weight is 430 g/mol. The molecule has 0 spiro atoms. The number of hydrogen-bond acceptors (Lipinski definition) is 7. The highest BCUT2D eigenvalue weighted by Crippen LogP contribution is 2.32. The Balaban J connectivity index is 1.70. The number of carbonyl (C=O) groups is 1. The van der Waals surface area contributed by atoms with Crippen molar-refractivity contribution in [3.63, 3.8) is 0 Å². The molecule has 0 saturated carbocycles. The van der Waals surface area contributed by atoms with Crippen LogP contribution in [0.3, 0.4) is 0 Å². The number of halogens is 3.